The number of likely N-dealkylation sites (tertiary alicyclic amines) is 1. The number of hydrogen-bond acceptors (Lipinski definition) is 5. The van der Waals surface area contributed by atoms with Gasteiger partial charge in [0.1, 0.15) is 13.1 Å². The summed E-state index contributed by atoms with van der Waals surface area (Å²) in [7, 11) is 2.38. The molecule has 1 fully saturated rings. The Labute approximate surface area is 230 Å². The van der Waals surface area contributed by atoms with Crippen molar-refractivity contribution in [3.05, 3.63) is 0 Å². The molecule has 1 aliphatic heterocycles. The zero-order chi connectivity index (χ0) is 27.2. The molecule has 0 aromatic rings. The number of aliphatic hydroxyl groups excluding tert-OH is 1. The summed E-state index contributed by atoms with van der Waals surface area (Å²) < 4.78 is 17.4. The Morgan fingerprint density at radius 1 is 0.757 bits per heavy atom. The van der Waals surface area contributed by atoms with Crippen LogP contribution < -0.4 is 5.32 Å². The second-order valence-corrected chi connectivity index (χ2v) is 14.3. The molecule has 2 N–H and O–H groups in total. The fourth-order valence-corrected chi connectivity index (χ4v) is 7.39. The van der Waals surface area contributed by atoms with E-state index in [0.29, 0.717) is 13.0 Å². The molecule has 220 valence electrons. The highest BCUT2D eigenvalue weighted by Gasteiger charge is 2.44. The van der Waals surface area contributed by atoms with Crippen molar-refractivity contribution in [1.29, 1.82) is 0 Å². The van der Waals surface area contributed by atoms with Crippen LogP contribution in [0.5, 0.6) is 0 Å². The van der Waals surface area contributed by atoms with Crippen LogP contribution in [0.15, 0.2) is 0 Å². The Morgan fingerprint density at radius 3 is 1.65 bits per heavy atom. The highest BCUT2D eigenvalue weighted by atomic mass is 28.4. The van der Waals surface area contributed by atoms with Gasteiger partial charge >= 0.3 is 8.80 Å². The van der Waals surface area contributed by atoms with Gasteiger partial charge in [0.15, 0.2) is 6.10 Å². The van der Waals surface area contributed by atoms with E-state index >= 15 is 0 Å². The van der Waals surface area contributed by atoms with Gasteiger partial charge in [-0.25, -0.2) is 0 Å². The van der Waals surface area contributed by atoms with Gasteiger partial charge in [-0.3, -0.25) is 4.79 Å². The Bertz CT molecular complexity index is 548. The molecule has 0 aromatic carbocycles. The third kappa shape index (κ3) is 15.6. The van der Waals surface area contributed by atoms with Crippen LogP contribution in [0, 0.1) is 0 Å². The van der Waals surface area contributed by atoms with Crippen LogP contribution in [-0.2, 0) is 18.1 Å². The van der Waals surface area contributed by atoms with Gasteiger partial charge in [-0.15, -0.1) is 0 Å². The maximum atomic E-state index is 12.3. The van der Waals surface area contributed by atoms with Crippen LogP contribution in [-0.4, -0.2) is 84.5 Å². The summed E-state index contributed by atoms with van der Waals surface area (Å²) in [5.74, 6) is 0.165. The molecule has 0 spiro atoms. The highest BCUT2D eigenvalue weighted by Crippen LogP contribution is 2.24. The lowest BCUT2D eigenvalue weighted by molar-refractivity contribution is -0.971. The van der Waals surface area contributed by atoms with Crippen molar-refractivity contribution in [3.63, 3.8) is 0 Å². The van der Waals surface area contributed by atoms with Crippen LogP contribution in [0.3, 0.4) is 0 Å². The van der Waals surface area contributed by atoms with E-state index in [1.807, 2.05) is 0 Å². The third-order valence-corrected chi connectivity index (χ3v) is 11.0. The summed E-state index contributed by atoms with van der Waals surface area (Å²) in [6.45, 7) is 6.28. The number of amides is 1. The lowest BCUT2D eigenvalue weighted by atomic mass is 10.0. The minimum Gasteiger partial charge on any atom is -0.382 e. The standard InChI is InChI=1S/C29H60N2O5Si/c1-5-6-7-8-9-10-11-12-13-14-15-16-17-18-19-21-29(33)30-22-24-31(26-28(32)27-31)23-20-25-37(34-2,35-3)36-4/h28,32H,5-27H2,1-4H3/p+1. The van der Waals surface area contributed by atoms with Gasteiger partial charge in [-0.2, -0.15) is 0 Å². The number of quaternary nitrogens is 1. The van der Waals surface area contributed by atoms with Crippen LogP contribution in [0.4, 0.5) is 0 Å². The Kier molecular flexibility index (Phi) is 19.9. The van der Waals surface area contributed by atoms with Crippen LogP contribution in [0.2, 0.25) is 6.04 Å². The third-order valence-electron chi connectivity index (χ3n) is 8.16. The van der Waals surface area contributed by atoms with E-state index in [-0.39, 0.29) is 12.0 Å². The van der Waals surface area contributed by atoms with Gasteiger partial charge in [-0.05, 0) is 6.42 Å². The van der Waals surface area contributed by atoms with Gasteiger partial charge in [0.2, 0.25) is 5.91 Å². The maximum Gasteiger partial charge on any atom is 0.500 e. The second-order valence-electron chi connectivity index (χ2n) is 11.3. The molecule has 1 heterocycles. The molecular formula is C29H61N2O5Si+. The van der Waals surface area contributed by atoms with Crippen molar-refractivity contribution in [1.82, 2.24) is 5.32 Å². The minimum absolute atomic E-state index is 0.165. The number of nitrogens with one attached hydrogen (secondary N) is 1. The lowest BCUT2D eigenvalue weighted by Crippen LogP contribution is -2.68. The second kappa shape index (κ2) is 21.3. The molecule has 37 heavy (non-hydrogen) atoms. The van der Waals surface area contributed by atoms with Crippen molar-refractivity contribution in [2.24, 2.45) is 0 Å². The number of unbranched alkanes of at least 4 members (excludes halogenated alkanes) is 14. The first-order valence-corrected chi connectivity index (χ1v) is 17.3. The van der Waals surface area contributed by atoms with E-state index in [4.69, 9.17) is 13.3 Å². The average molecular weight is 546 g/mol. The lowest BCUT2D eigenvalue weighted by Gasteiger charge is -2.49. The molecule has 1 saturated heterocycles. The molecule has 0 atom stereocenters. The molecule has 0 aliphatic carbocycles. The Balaban J connectivity index is 2.00. The minimum atomic E-state index is -2.56. The largest absolute Gasteiger partial charge is 0.500 e. The zero-order valence-corrected chi connectivity index (χ0v) is 25.9. The van der Waals surface area contributed by atoms with Gasteiger partial charge in [-0.1, -0.05) is 96.8 Å². The SMILES string of the molecule is CCCCCCCCCCCCCCCCCC(=O)NCC[N+]1(CCC[Si](OC)(OC)OC)CC(O)C1. The van der Waals surface area contributed by atoms with E-state index in [2.05, 4.69) is 12.2 Å². The predicted molar refractivity (Wildman–Crippen MR) is 154 cm³/mol. The summed E-state index contributed by atoms with van der Waals surface area (Å²) >= 11 is 0. The summed E-state index contributed by atoms with van der Waals surface area (Å²) in [5, 5.41) is 13.0. The van der Waals surface area contributed by atoms with E-state index in [9.17, 15) is 9.90 Å². The zero-order valence-electron chi connectivity index (χ0n) is 24.9. The number of rotatable bonds is 26. The first kappa shape index (κ1) is 34.5. The number of nitrogens with zero attached hydrogens (tertiary/aromatic N) is 1. The monoisotopic (exact) mass is 545 g/mol. The summed E-state index contributed by atoms with van der Waals surface area (Å²) in [6.07, 6.45) is 21.4. The normalized spacial score (nSPS) is 19.6. The molecular weight excluding hydrogens is 484 g/mol. The number of aliphatic hydroxyl groups is 1. The van der Waals surface area contributed by atoms with Crippen molar-refractivity contribution in [2.45, 2.75) is 128 Å². The number of carbonyl (C=O) groups excluding carboxylic acids is 1. The van der Waals surface area contributed by atoms with E-state index in [1.54, 1.807) is 21.3 Å². The van der Waals surface area contributed by atoms with Crippen LogP contribution in [0.1, 0.15) is 116 Å². The van der Waals surface area contributed by atoms with Crippen LogP contribution >= 0.6 is 0 Å². The molecule has 0 radical (unpaired) electrons. The average Bonchev–Trinajstić information content (AvgIpc) is 2.88. The fourth-order valence-electron chi connectivity index (χ4n) is 5.68. The van der Waals surface area contributed by atoms with E-state index in [0.717, 1.165) is 56.0 Å². The Morgan fingerprint density at radius 2 is 1.22 bits per heavy atom. The fraction of sp³-hybridized carbons (Fsp3) is 0.966. The first-order valence-electron chi connectivity index (χ1n) is 15.4. The van der Waals surface area contributed by atoms with Gasteiger partial charge in [0.05, 0.1) is 19.6 Å². The topological polar surface area (TPSA) is 77.0 Å². The first-order chi connectivity index (χ1) is 17.9. The molecule has 1 amide bonds. The molecule has 0 aromatic heterocycles. The summed E-state index contributed by atoms with van der Waals surface area (Å²) in [5.41, 5.74) is 0. The van der Waals surface area contributed by atoms with Crippen molar-refractivity contribution in [2.75, 3.05) is 54.1 Å². The molecule has 1 aliphatic rings. The predicted octanol–water partition coefficient (Wildman–Crippen LogP) is 5.82. The molecule has 0 bridgehead atoms. The quantitative estimate of drug-likeness (QED) is 0.0813. The summed E-state index contributed by atoms with van der Waals surface area (Å²) in [6, 6.07) is 0.762. The van der Waals surface area contributed by atoms with Gasteiger partial charge < -0.3 is 28.2 Å². The van der Waals surface area contributed by atoms with Crippen molar-refractivity contribution in [3.8, 4) is 0 Å². The van der Waals surface area contributed by atoms with Gasteiger partial charge in [0.25, 0.3) is 0 Å². The van der Waals surface area contributed by atoms with Gasteiger partial charge in [0, 0.05) is 40.2 Å². The van der Waals surface area contributed by atoms with Crippen LogP contribution in [0.25, 0.3) is 0 Å². The maximum absolute atomic E-state index is 12.3. The molecule has 0 saturated carbocycles. The summed E-state index contributed by atoms with van der Waals surface area (Å²) in [4.78, 5) is 12.3. The smallest absolute Gasteiger partial charge is 0.382 e. The van der Waals surface area contributed by atoms with E-state index in [1.165, 1.54) is 83.5 Å². The van der Waals surface area contributed by atoms with E-state index < -0.39 is 8.80 Å². The molecule has 8 heteroatoms. The number of hydrogen-bond donors (Lipinski definition) is 2. The molecule has 0 unspecified atom stereocenters. The Hall–Kier alpha value is -0.513. The van der Waals surface area contributed by atoms with Crippen molar-refractivity contribution < 1.29 is 27.7 Å². The highest BCUT2D eigenvalue weighted by molar-refractivity contribution is 6.60. The van der Waals surface area contributed by atoms with Crippen molar-refractivity contribution >= 4 is 14.7 Å². The number of carbonyl (C=O) groups is 1. The molecule has 7 nitrogen and oxygen atoms in total. The molecule has 1 rings (SSSR count).